The minimum absolute atomic E-state index is 0.0278. The van der Waals surface area contributed by atoms with Crippen LogP contribution in [0.5, 0.6) is 0 Å². The Kier molecular flexibility index (Phi) is 3.46. The van der Waals surface area contributed by atoms with E-state index in [0.29, 0.717) is 6.54 Å². The predicted octanol–water partition coefficient (Wildman–Crippen LogP) is -1.06. The molecular weight excluding hydrogens is 182 g/mol. The van der Waals surface area contributed by atoms with Gasteiger partial charge in [-0.05, 0) is 13.8 Å². The Morgan fingerprint density at radius 3 is 2.64 bits per heavy atom. The van der Waals surface area contributed by atoms with Crippen molar-refractivity contribution < 1.29 is 9.59 Å². The van der Waals surface area contributed by atoms with E-state index >= 15 is 0 Å². The summed E-state index contributed by atoms with van der Waals surface area (Å²) in [5.74, 6) is -0.0266. The van der Waals surface area contributed by atoms with Crippen molar-refractivity contribution in [3.63, 3.8) is 0 Å². The smallest absolute Gasteiger partial charge is 0.241 e. The number of nitrogens with zero attached hydrogens (tertiary/aromatic N) is 1. The monoisotopic (exact) mass is 199 g/mol. The van der Waals surface area contributed by atoms with Gasteiger partial charge < -0.3 is 10.2 Å². The lowest BCUT2D eigenvalue weighted by Crippen LogP contribution is -2.58. The summed E-state index contributed by atoms with van der Waals surface area (Å²) in [5, 5.41) is 5.56. The van der Waals surface area contributed by atoms with Crippen LogP contribution in [0.4, 0.5) is 0 Å². The molecule has 1 aliphatic heterocycles. The highest BCUT2D eigenvalue weighted by Gasteiger charge is 2.26. The molecule has 0 aromatic carbocycles. The molecule has 0 aliphatic carbocycles. The summed E-state index contributed by atoms with van der Waals surface area (Å²) in [6.07, 6.45) is 0. The number of hydrogen-bond donors (Lipinski definition) is 2. The van der Waals surface area contributed by atoms with Crippen molar-refractivity contribution in [1.82, 2.24) is 15.5 Å². The van der Waals surface area contributed by atoms with Crippen molar-refractivity contribution in [2.75, 3.05) is 20.1 Å². The van der Waals surface area contributed by atoms with E-state index in [1.54, 1.807) is 11.9 Å². The van der Waals surface area contributed by atoms with Gasteiger partial charge in [0.1, 0.15) is 6.04 Å². The number of hydrogen-bond acceptors (Lipinski definition) is 3. The summed E-state index contributed by atoms with van der Waals surface area (Å²) in [6, 6.07) is -0.0953. The van der Waals surface area contributed by atoms with Gasteiger partial charge in [-0.25, -0.2) is 0 Å². The lowest BCUT2D eigenvalue weighted by Gasteiger charge is -2.29. The quantitative estimate of drug-likeness (QED) is 0.596. The van der Waals surface area contributed by atoms with E-state index in [-0.39, 0.29) is 30.4 Å². The predicted molar refractivity (Wildman–Crippen MR) is 52.7 cm³/mol. The maximum Gasteiger partial charge on any atom is 0.241 e. The molecule has 0 spiro atoms. The van der Waals surface area contributed by atoms with Crippen LogP contribution in [0.25, 0.3) is 0 Å². The van der Waals surface area contributed by atoms with Crippen LogP contribution < -0.4 is 10.6 Å². The van der Waals surface area contributed by atoms with Crippen LogP contribution in [0, 0.1) is 0 Å². The third kappa shape index (κ3) is 2.45. The zero-order chi connectivity index (χ0) is 10.7. The van der Waals surface area contributed by atoms with Gasteiger partial charge in [-0.1, -0.05) is 0 Å². The molecule has 80 valence electrons. The largest absolute Gasteiger partial charge is 0.353 e. The van der Waals surface area contributed by atoms with E-state index in [2.05, 4.69) is 10.6 Å². The number of piperazine rings is 1. The van der Waals surface area contributed by atoms with Gasteiger partial charge in [0.15, 0.2) is 0 Å². The summed E-state index contributed by atoms with van der Waals surface area (Å²) < 4.78 is 0. The van der Waals surface area contributed by atoms with Gasteiger partial charge in [0.05, 0.1) is 6.54 Å². The third-order valence-corrected chi connectivity index (χ3v) is 2.43. The van der Waals surface area contributed by atoms with Gasteiger partial charge in [-0.2, -0.15) is 0 Å². The topological polar surface area (TPSA) is 61.4 Å². The molecule has 0 aromatic heterocycles. The van der Waals surface area contributed by atoms with Crippen molar-refractivity contribution in [3.05, 3.63) is 0 Å². The highest BCUT2D eigenvalue weighted by molar-refractivity contribution is 5.86. The summed E-state index contributed by atoms with van der Waals surface area (Å²) in [4.78, 5) is 24.3. The molecule has 1 atom stereocenters. The summed E-state index contributed by atoms with van der Waals surface area (Å²) in [5.41, 5.74) is 0. The van der Waals surface area contributed by atoms with E-state index < -0.39 is 0 Å². The molecule has 0 radical (unpaired) electrons. The standard InChI is InChI=1S/C9H17N3O2/c1-6(2)12(3)9(14)7-4-11-8(13)5-10-7/h6-7,10H,4-5H2,1-3H3,(H,11,13). The second-order valence-corrected chi connectivity index (χ2v) is 3.78. The van der Waals surface area contributed by atoms with E-state index in [4.69, 9.17) is 0 Å². The zero-order valence-electron chi connectivity index (χ0n) is 8.83. The van der Waals surface area contributed by atoms with Crippen molar-refractivity contribution in [1.29, 1.82) is 0 Å². The minimum atomic E-state index is -0.278. The molecule has 0 aromatic rings. The summed E-state index contributed by atoms with van der Waals surface area (Å²) in [6.45, 7) is 4.52. The van der Waals surface area contributed by atoms with Crippen LogP contribution in [-0.4, -0.2) is 48.9 Å². The molecule has 1 saturated heterocycles. The lowest BCUT2D eigenvalue weighted by molar-refractivity contribution is -0.135. The number of amides is 2. The van der Waals surface area contributed by atoms with E-state index in [1.807, 2.05) is 13.8 Å². The second-order valence-electron chi connectivity index (χ2n) is 3.78. The lowest BCUT2D eigenvalue weighted by atomic mass is 10.2. The third-order valence-electron chi connectivity index (χ3n) is 2.43. The Bertz CT molecular complexity index is 230. The molecule has 1 rings (SSSR count). The SMILES string of the molecule is CC(C)N(C)C(=O)C1CNC(=O)CN1. The maximum atomic E-state index is 11.8. The molecule has 2 N–H and O–H groups in total. The average Bonchev–Trinajstić information content (AvgIpc) is 2.16. The van der Waals surface area contributed by atoms with Gasteiger partial charge in [-0.3, -0.25) is 14.9 Å². The van der Waals surface area contributed by atoms with Gasteiger partial charge in [0, 0.05) is 19.6 Å². The molecule has 0 bridgehead atoms. The second kappa shape index (κ2) is 4.41. The van der Waals surface area contributed by atoms with Crippen LogP contribution in [0.15, 0.2) is 0 Å². The minimum Gasteiger partial charge on any atom is -0.353 e. The van der Waals surface area contributed by atoms with Crippen LogP contribution in [0.1, 0.15) is 13.8 Å². The molecule has 0 saturated carbocycles. The first kappa shape index (κ1) is 11.0. The number of likely N-dealkylation sites (N-methyl/N-ethyl adjacent to an activating group) is 1. The zero-order valence-corrected chi connectivity index (χ0v) is 8.83. The van der Waals surface area contributed by atoms with E-state index in [0.717, 1.165) is 0 Å². The highest BCUT2D eigenvalue weighted by atomic mass is 16.2. The Hall–Kier alpha value is -1.10. The Balaban J connectivity index is 2.49. The average molecular weight is 199 g/mol. The van der Waals surface area contributed by atoms with Gasteiger partial charge in [0.2, 0.25) is 11.8 Å². The van der Waals surface area contributed by atoms with E-state index in [9.17, 15) is 9.59 Å². The van der Waals surface area contributed by atoms with Gasteiger partial charge in [-0.15, -0.1) is 0 Å². The fourth-order valence-electron chi connectivity index (χ4n) is 1.24. The van der Waals surface area contributed by atoms with Crippen LogP contribution in [-0.2, 0) is 9.59 Å². The van der Waals surface area contributed by atoms with Crippen molar-refractivity contribution in [2.24, 2.45) is 0 Å². The number of carbonyl (C=O) groups excluding carboxylic acids is 2. The molecule has 5 nitrogen and oxygen atoms in total. The molecule has 14 heavy (non-hydrogen) atoms. The summed E-state index contributed by atoms with van der Waals surface area (Å²) in [7, 11) is 1.77. The van der Waals surface area contributed by atoms with E-state index in [1.165, 1.54) is 0 Å². The van der Waals surface area contributed by atoms with Gasteiger partial charge in [0.25, 0.3) is 0 Å². The van der Waals surface area contributed by atoms with Crippen molar-refractivity contribution in [2.45, 2.75) is 25.9 Å². The Morgan fingerprint density at radius 2 is 2.21 bits per heavy atom. The normalized spacial score (nSPS) is 22.0. The van der Waals surface area contributed by atoms with Crippen molar-refractivity contribution in [3.8, 4) is 0 Å². The molecule has 1 fully saturated rings. The highest BCUT2D eigenvalue weighted by Crippen LogP contribution is 1.99. The summed E-state index contributed by atoms with van der Waals surface area (Å²) >= 11 is 0. The first-order chi connectivity index (χ1) is 6.52. The molecule has 1 aliphatic rings. The van der Waals surface area contributed by atoms with Crippen LogP contribution in [0.2, 0.25) is 0 Å². The van der Waals surface area contributed by atoms with Gasteiger partial charge >= 0.3 is 0 Å². The van der Waals surface area contributed by atoms with Crippen LogP contribution >= 0.6 is 0 Å². The Morgan fingerprint density at radius 1 is 1.57 bits per heavy atom. The maximum absolute atomic E-state index is 11.8. The fourth-order valence-corrected chi connectivity index (χ4v) is 1.24. The first-order valence-electron chi connectivity index (χ1n) is 4.79. The first-order valence-corrected chi connectivity index (χ1v) is 4.79. The Labute approximate surface area is 83.8 Å². The molecule has 1 heterocycles. The molecule has 2 amide bonds. The number of nitrogens with one attached hydrogen (secondary N) is 2. The number of rotatable bonds is 2. The molecular formula is C9H17N3O2. The number of carbonyl (C=O) groups is 2. The molecule has 1 unspecified atom stereocenters. The fraction of sp³-hybridized carbons (Fsp3) is 0.778. The van der Waals surface area contributed by atoms with Crippen molar-refractivity contribution >= 4 is 11.8 Å². The molecule has 5 heteroatoms. The van der Waals surface area contributed by atoms with Crippen LogP contribution in [0.3, 0.4) is 0 Å².